The molecule has 2 nitrogen and oxygen atoms in total. The molecule has 0 amide bonds. The van der Waals surface area contributed by atoms with Gasteiger partial charge < -0.3 is 8.83 Å². The molecule has 0 radical (unpaired) electrons. The van der Waals surface area contributed by atoms with Gasteiger partial charge in [-0.25, -0.2) is 0 Å². The standard InChI is InChI=1S/C54H42O2/c1-34(2)37-18-22-39(23-19-37)42-10-7-12-45(32-42)46-14-8-15-49-50-30-36(17-28-52(50)56-54(46)49)29-35(3)38-20-24-40(25-21-38)41-9-6-11-43(31-41)44-26-27-48-47-13-4-5-16-51(47)55-53(48)33-44/h4-28,30-35H,29H2,1-3H3. The van der Waals surface area contributed by atoms with Gasteiger partial charge in [0.2, 0.25) is 0 Å². The summed E-state index contributed by atoms with van der Waals surface area (Å²) in [7, 11) is 0. The Hall–Kier alpha value is -6.64. The molecule has 0 fully saturated rings. The summed E-state index contributed by atoms with van der Waals surface area (Å²) in [5.41, 5.74) is 17.2. The zero-order chi connectivity index (χ0) is 37.8. The third kappa shape index (κ3) is 6.18. The maximum Gasteiger partial charge on any atom is 0.143 e. The minimum absolute atomic E-state index is 0.356. The molecule has 0 spiro atoms. The maximum absolute atomic E-state index is 6.59. The van der Waals surface area contributed by atoms with Crippen molar-refractivity contribution in [2.45, 2.75) is 39.0 Å². The van der Waals surface area contributed by atoms with Crippen LogP contribution in [-0.4, -0.2) is 0 Å². The number of fused-ring (bicyclic) bond motifs is 6. The highest BCUT2D eigenvalue weighted by atomic mass is 16.3. The summed E-state index contributed by atoms with van der Waals surface area (Å²) in [5, 5.41) is 4.63. The first-order valence-electron chi connectivity index (χ1n) is 19.7. The van der Waals surface area contributed by atoms with Gasteiger partial charge in [0.15, 0.2) is 0 Å². The van der Waals surface area contributed by atoms with E-state index in [1.165, 1.54) is 49.9 Å². The van der Waals surface area contributed by atoms with Gasteiger partial charge in [-0.05, 0) is 116 Å². The molecular weight excluding hydrogens is 681 g/mol. The highest BCUT2D eigenvalue weighted by Crippen LogP contribution is 2.39. The van der Waals surface area contributed by atoms with Gasteiger partial charge in [0.25, 0.3) is 0 Å². The Bertz CT molecular complexity index is 3030. The van der Waals surface area contributed by atoms with E-state index in [2.05, 4.69) is 185 Å². The molecule has 0 aliphatic rings. The zero-order valence-corrected chi connectivity index (χ0v) is 31.9. The van der Waals surface area contributed by atoms with Crippen LogP contribution in [0.25, 0.3) is 88.4 Å². The summed E-state index contributed by atoms with van der Waals surface area (Å²) in [6.45, 7) is 6.79. The average Bonchev–Trinajstić information content (AvgIpc) is 3.81. The fraction of sp³-hybridized carbons (Fsp3) is 0.111. The van der Waals surface area contributed by atoms with Crippen molar-refractivity contribution in [2.75, 3.05) is 0 Å². The summed E-state index contributed by atoms with van der Waals surface area (Å²) in [5.74, 6) is 0.874. The summed E-state index contributed by atoms with van der Waals surface area (Å²) >= 11 is 0. The normalized spacial score (nSPS) is 12.4. The summed E-state index contributed by atoms with van der Waals surface area (Å²) < 4.78 is 12.8. The Morgan fingerprint density at radius 2 is 0.946 bits per heavy atom. The molecule has 10 aromatic rings. The second-order valence-electron chi connectivity index (χ2n) is 15.6. The number of hydrogen-bond acceptors (Lipinski definition) is 2. The Morgan fingerprint density at radius 3 is 1.70 bits per heavy atom. The number of hydrogen-bond donors (Lipinski definition) is 0. The summed E-state index contributed by atoms with van der Waals surface area (Å²) in [6.07, 6.45) is 0.944. The molecule has 270 valence electrons. The van der Waals surface area contributed by atoms with Crippen LogP contribution < -0.4 is 0 Å². The van der Waals surface area contributed by atoms with E-state index in [9.17, 15) is 0 Å². The van der Waals surface area contributed by atoms with Gasteiger partial charge >= 0.3 is 0 Å². The third-order valence-electron chi connectivity index (χ3n) is 11.6. The average molecular weight is 723 g/mol. The molecule has 56 heavy (non-hydrogen) atoms. The molecule has 0 aliphatic carbocycles. The van der Waals surface area contributed by atoms with E-state index in [1.54, 1.807) is 0 Å². The molecule has 8 aromatic carbocycles. The first-order chi connectivity index (χ1) is 27.4. The van der Waals surface area contributed by atoms with E-state index in [0.717, 1.165) is 61.6 Å². The quantitative estimate of drug-likeness (QED) is 0.156. The van der Waals surface area contributed by atoms with Gasteiger partial charge in [0, 0.05) is 27.1 Å². The second kappa shape index (κ2) is 13.9. The summed E-state index contributed by atoms with van der Waals surface area (Å²) in [4.78, 5) is 0. The highest BCUT2D eigenvalue weighted by Gasteiger charge is 2.16. The van der Waals surface area contributed by atoms with Crippen LogP contribution in [0, 0.1) is 0 Å². The van der Waals surface area contributed by atoms with E-state index in [4.69, 9.17) is 8.83 Å². The largest absolute Gasteiger partial charge is 0.456 e. The Kier molecular flexibility index (Phi) is 8.41. The van der Waals surface area contributed by atoms with Crippen molar-refractivity contribution >= 4 is 43.9 Å². The van der Waals surface area contributed by atoms with Crippen LogP contribution in [0.3, 0.4) is 0 Å². The third-order valence-corrected chi connectivity index (χ3v) is 11.6. The van der Waals surface area contributed by atoms with Crippen LogP contribution in [0.4, 0.5) is 0 Å². The van der Waals surface area contributed by atoms with E-state index in [0.29, 0.717) is 11.8 Å². The van der Waals surface area contributed by atoms with Crippen molar-refractivity contribution in [3.63, 3.8) is 0 Å². The van der Waals surface area contributed by atoms with E-state index < -0.39 is 0 Å². The van der Waals surface area contributed by atoms with Crippen LogP contribution in [-0.2, 0) is 6.42 Å². The van der Waals surface area contributed by atoms with Gasteiger partial charge in [0.1, 0.15) is 22.3 Å². The summed E-state index contributed by atoms with van der Waals surface area (Å²) in [6, 6.07) is 63.7. The van der Waals surface area contributed by atoms with Crippen molar-refractivity contribution in [3.05, 3.63) is 193 Å². The van der Waals surface area contributed by atoms with Crippen LogP contribution in [0.15, 0.2) is 185 Å². The predicted octanol–water partition coefficient (Wildman–Crippen LogP) is 15.6. The lowest BCUT2D eigenvalue weighted by Crippen LogP contribution is -1.98. The van der Waals surface area contributed by atoms with E-state index in [1.807, 2.05) is 12.1 Å². The van der Waals surface area contributed by atoms with Crippen LogP contribution in [0.1, 0.15) is 49.3 Å². The van der Waals surface area contributed by atoms with Gasteiger partial charge in [0.05, 0.1) is 0 Å². The molecule has 0 N–H and O–H groups in total. The molecule has 2 heteroatoms. The van der Waals surface area contributed by atoms with Crippen LogP contribution >= 0.6 is 0 Å². The molecule has 0 aliphatic heterocycles. The van der Waals surface area contributed by atoms with Crippen molar-refractivity contribution in [3.8, 4) is 44.5 Å². The minimum atomic E-state index is 0.356. The van der Waals surface area contributed by atoms with Gasteiger partial charge in [-0.2, -0.15) is 0 Å². The molecule has 10 rings (SSSR count). The molecular formula is C54H42O2. The molecule has 2 aromatic heterocycles. The molecule has 0 saturated carbocycles. The number of benzene rings is 8. The first kappa shape index (κ1) is 33.9. The zero-order valence-electron chi connectivity index (χ0n) is 31.9. The molecule has 2 heterocycles. The minimum Gasteiger partial charge on any atom is -0.456 e. The first-order valence-corrected chi connectivity index (χ1v) is 19.7. The van der Waals surface area contributed by atoms with Crippen molar-refractivity contribution in [1.82, 2.24) is 0 Å². The monoisotopic (exact) mass is 722 g/mol. The maximum atomic E-state index is 6.59. The van der Waals surface area contributed by atoms with Gasteiger partial charge in [-0.1, -0.05) is 154 Å². The smallest absolute Gasteiger partial charge is 0.143 e. The Balaban J connectivity index is 0.881. The lowest BCUT2D eigenvalue weighted by Gasteiger charge is -2.13. The molecule has 0 saturated heterocycles. The molecule has 1 unspecified atom stereocenters. The van der Waals surface area contributed by atoms with Crippen molar-refractivity contribution < 1.29 is 8.83 Å². The lowest BCUT2D eigenvalue weighted by molar-refractivity contribution is 0.669. The fourth-order valence-electron chi connectivity index (χ4n) is 8.39. The molecule has 1 atom stereocenters. The number of rotatable bonds is 8. The lowest BCUT2D eigenvalue weighted by atomic mass is 9.91. The highest BCUT2D eigenvalue weighted by molar-refractivity contribution is 6.10. The second-order valence-corrected chi connectivity index (χ2v) is 15.6. The fourth-order valence-corrected chi connectivity index (χ4v) is 8.39. The van der Waals surface area contributed by atoms with Crippen molar-refractivity contribution in [2.24, 2.45) is 0 Å². The van der Waals surface area contributed by atoms with Gasteiger partial charge in [-0.3, -0.25) is 0 Å². The Labute approximate surface area is 327 Å². The Morgan fingerprint density at radius 1 is 0.375 bits per heavy atom. The number of furan rings is 2. The predicted molar refractivity (Wildman–Crippen MR) is 235 cm³/mol. The van der Waals surface area contributed by atoms with Gasteiger partial charge in [-0.15, -0.1) is 0 Å². The van der Waals surface area contributed by atoms with Crippen LogP contribution in [0.5, 0.6) is 0 Å². The van der Waals surface area contributed by atoms with E-state index >= 15 is 0 Å². The van der Waals surface area contributed by atoms with Crippen molar-refractivity contribution in [1.29, 1.82) is 0 Å². The number of para-hydroxylation sites is 2. The SMILES string of the molecule is CC(C)c1ccc(-c2cccc(-c3cccc4c3oc3ccc(CC(C)c5ccc(-c6cccc(-c7ccc8c(c7)oc7ccccc78)c6)cc5)cc34)c2)cc1. The van der Waals surface area contributed by atoms with E-state index in [-0.39, 0.29) is 0 Å². The topological polar surface area (TPSA) is 26.3 Å². The molecule has 0 bridgehead atoms. The van der Waals surface area contributed by atoms with Crippen LogP contribution in [0.2, 0.25) is 0 Å².